The van der Waals surface area contributed by atoms with Crippen molar-refractivity contribution >= 4 is 123 Å². The Balaban J connectivity index is 0.000000233. The van der Waals surface area contributed by atoms with Gasteiger partial charge in [0.25, 0.3) is 0 Å². The first-order valence-electron chi connectivity index (χ1n) is 32.7. The van der Waals surface area contributed by atoms with Gasteiger partial charge in [0.05, 0.1) is 27.0 Å². The zero-order valence-corrected chi connectivity index (χ0v) is 68.1. The zero-order chi connectivity index (χ0) is 62.4. The summed E-state index contributed by atoms with van der Waals surface area (Å²) in [5.74, 6) is 5.23. The van der Waals surface area contributed by atoms with Gasteiger partial charge in [0.1, 0.15) is 5.78 Å². The number of Topliss-reactive ketones (excluding diaryl/α,β-unsaturated/α-hetero) is 1. The number of fused-ring (bicyclic) bond motifs is 2. The Bertz CT molecular complexity index is 2390. The molecule has 492 valence electrons. The molecule has 87 heavy (non-hydrogen) atoms. The normalized spacial score (nSPS) is 30.7. The zero-order valence-electron chi connectivity index (χ0n) is 54.1. The second-order valence-corrected chi connectivity index (χ2v) is 45.4. The van der Waals surface area contributed by atoms with Gasteiger partial charge >= 0.3 is 50.5 Å². The van der Waals surface area contributed by atoms with E-state index in [1.54, 1.807) is 19.8 Å². The molecule has 8 aliphatic carbocycles. The third kappa shape index (κ3) is 23.0. The van der Waals surface area contributed by atoms with Gasteiger partial charge in [-0.15, -0.1) is 24.0 Å². The van der Waals surface area contributed by atoms with E-state index in [1.165, 1.54) is 138 Å². The molecule has 2 aromatic rings. The molecule has 0 radical (unpaired) electrons. The van der Waals surface area contributed by atoms with E-state index >= 15 is 0 Å². The van der Waals surface area contributed by atoms with Gasteiger partial charge in [0.2, 0.25) is 0 Å². The molecule has 10 rings (SSSR count). The van der Waals surface area contributed by atoms with Crippen molar-refractivity contribution in [2.45, 2.75) is 193 Å². The predicted molar refractivity (Wildman–Crippen MR) is 410 cm³/mol. The van der Waals surface area contributed by atoms with Crippen LogP contribution in [0.4, 0.5) is 0 Å². The molecule has 8 aliphatic rings. The van der Waals surface area contributed by atoms with E-state index in [2.05, 4.69) is 206 Å². The summed E-state index contributed by atoms with van der Waals surface area (Å²) in [7, 11) is 7.22. The van der Waals surface area contributed by atoms with E-state index in [-0.39, 0.29) is 61.2 Å². The van der Waals surface area contributed by atoms with Crippen molar-refractivity contribution in [3.63, 3.8) is 0 Å². The molecule has 0 spiro atoms. The van der Waals surface area contributed by atoms with Crippen LogP contribution < -0.4 is 23.9 Å². The van der Waals surface area contributed by atoms with Crippen LogP contribution in [0.2, 0.25) is 0 Å². The molecular weight excluding hydrogens is 1780 g/mol. The Morgan fingerprint density at radius 1 is 0.667 bits per heavy atom. The maximum absolute atomic E-state index is 12.2. The number of methoxy groups -OCH3 is 2. The van der Waals surface area contributed by atoms with Gasteiger partial charge in [0, 0.05) is 112 Å². The van der Waals surface area contributed by atoms with Crippen LogP contribution in [0.3, 0.4) is 0 Å². The Labute approximate surface area is 600 Å². The number of halogens is 6. The number of rotatable bonds is 22. The molecule has 8 nitrogen and oxygen atoms in total. The number of hydrogen-bond donors (Lipinski definition) is 2. The number of aliphatic hydroxyl groups is 2. The molecular formula is C72H110I6N2O6P-. The maximum atomic E-state index is 12.2. The van der Waals surface area contributed by atoms with Gasteiger partial charge in [-0.25, -0.2) is 0 Å². The number of carbonyl (C=O) groups is 1. The third-order valence-corrected chi connectivity index (χ3v) is 23.9. The van der Waals surface area contributed by atoms with Crippen molar-refractivity contribution in [3.05, 3.63) is 120 Å². The number of ether oxygens (including phenoxy) is 2. The first-order chi connectivity index (χ1) is 41.5. The van der Waals surface area contributed by atoms with Crippen LogP contribution in [0.25, 0.3) is 0 Å². The third-order valence-electron chi connectivity index (χ3n) is 21.9. The molecule has 0 aromatic heterocycles. The number of allylic oxidation sites excluding steroid dienone is 3. The molecule has 2 N–H and O–H groups in total. The average molecular weight is 1890 g/mol. The van der Waals surface area contributed by atoms with Crippen LogP contribution >= 0.6 is 107 Å². The summed E-state index contributed by atoms with van der Waals surface area (Å²) in [5, 5.41) is 21.9. The van der Waals surface area contributed by atoms with E-state index in [4.69, 9.17) is 14.0 Å². The van der Waals surface area contributed by atoms with Crippen molar-refractivity contribution in [2.75, 3.05) is 61.2 Å². The molecule has 0 amide bonds. The summed E-state index contributed by atoms with van der Waals surface area (Å²) in [4.78, 5) is 17.4. The monoisotopic (exact) mass is 1890 g/mol. The summed E-state index contributed by atoms with van der Waals surface area (Å²) in [6, 6.07) is 22.5. The molecule has 0 unspecified atom stereocenters. The van der Waals surface area contributed by atoms with Gasteiger partial charge in [0.15, 0.2) is 0 Å². The Hall–Kier alpha value is 1.34. The SMILES string of the molecule is C=C1[C@H](CO)C/C(=C/C=C2\CCC[C@]3(C)[C@@H]([C@H](C)CCCN(C)C4CC4)CC[C@@H]23)C[C@H]1OC.C=C1[C@H](CO)C/C(=C/COP(c2ccccc2)c2ccccc2)C[C@H]1OC.C[C@H](CCCN(C)C1CC1)[C@H]1CC[C@H]2C(=O)CCC[C@]12C.I.II.I[I-]I. The van der Waals surface area contributed by atoms with Crippen LogP contribution in [0.15, 0.2) is 120 Å². The fraction of sp³-hybridized carbons (Fsp3) is 0.681. The van der Waals surface area contributed by atoms with Crippen molar-refractivity contribution < 1.29 is 42.3 Å². The van der Waals surface area contributed by atoms with Crippen molar-refractivity contribution in [2.24, 2.45) is 58.2 Å². The molecule has 0 aliphatic heterocycles. The molecule has 0 bridgehead atoms. The van der Waals surface area contributed by atoms with Crippen LogP contribution in [0.1, 0.15) is 169 Å². The minimum absolute atomic E-state index is 0. The number of nitrogens with zero attached hydrogens (tertiary/aromatic N) is 2. The Kier molecular flexibility index (Phi) is 37.1. The summed E-state index contributed by atoms with van der Waals surface area (Å²) in [5.41, 5.74) is 7.24. The van der Waals surface area contributed by atoms with Crippen LogP contribution in [-0.4, -0.2) is 111 Å². The summed E-state index contributed by atoms with van der Waals surface area (Å²) in [6.07, 6.45) is 34.2. The number of aliphatic hydroxyl groups excluding tert-OH is 2. The Morgan fingerprint density at radius 2 is 1.10 bits per heavy atom. The van der Waals surface area contributed by atoms with Crippen LogP contribution in [0.5, 0.6) is 0 Å². The van der Waals surface area contributed by atoms with E-state index in [9.17, 15) is 15.0 Å². The van der Waals surface area contributed by atoms with Gasteiger partial charge in [-0.05, 0) is 214 Å². The molecule has 15 heteroatoms. The number of carbonyl (C=O) groups excluding carboxylic acids is 1. The first-order valence-corrected chi connectivity index (χ1v) is 52.8. The standard InChI is InChI=1S/C30H49NO2.C23H27O3P.C19H33NO.I3.I2.HI/c1-21(8-7-17-31(4)26-12-13-26)27-14-15-28-24(9-6-16-30(27,28)3)11-10-23-18-25(20-32)22(2)29(19-23)33-5;1-18-20(17-24)15-19(16-23(18)25-2)13-14-26-27(21-9-5-3-6-10-21)22-11-7-4-8-12-22;1-14(6-5-13-20(3)15-8-9-15)16-10-11-17-18(21)7-4-12-19(16,17)2;1-3-2;1-2;/h10-11,21,25-29,32H,2,6-9,12-20H2,1,3-5H3;3-13,20,23-24H,1,14-17H2,2H3;14-17H,4-13H2,1-3H3;;;1H/q;;;-1;;/b23-10-,24-11+;19-13-;;;;/t21-,25+,27-,28+,29-,30-;20-,23+;14-,16-,17+,19-;;;/m101.../s1. The molecule has 0 saturated heterocycles. The molecule has 0 heterocycles. The van der Waals surface area contributed by atoms with Gasteiger partial charge < -0.3 is 34.0 Å². The quantitative estimate of drug-likeness (QED) is 0.0684. The summed E-state index contributed by atoms with van der Waals surface area (Å²) >= 11 is 9.54. The van der Waals surface area contributed by atoms with Gasteiger partial charge in [-0.3, -0.25) is 4.79 Å². The van der Waals surface area contributed by atoms with E-state index in [0.29, 0.717) is 42.4 Å². The van der Waals surface area contributed by atoms with E-state index < -0.39 is 8.15 Å². The second kappa shape index (κ2) is 40.8. The van der Waals surface area contributed by atoms with Gasteiger partial charge in [-0.1, -0.05) is 136 Å². The molecule has 2 aromatic carbocycles. The number of benzene rings is 2. The van der Waals surface area contributed by atoms with Crippen molar-refractivity contribution in [1.29, 1.82) is 0 Å². The topological polar surface area (TPSA) is 91.7 Å². The summed E-state index contributed by atoms with van der Waals surface area (Å²) < 4.78 is 17.6. The average Bonchev–Trinajstić information content (AvgIpc) is 1.78. The minimum atomic E-state index is -0.859. The fourth-order valence-electron chi connectivity index (χ4n) is 16.6. The number of ketones is 1. The molecule has 8 fully saturated rings. The predicted octanol–water partition coefficient (Wildman–Crippen LogP) is 15.9. The molecule has 8 saturated carbocycles. The van der Waals surface area contributed by atoms with Crippen LogP contribution in [-0.2, 0) is 18.8 Å². The van der Waals surface area contributed by atoms with E-state index in [0.717, 1.165) is 91.3 Å². The fourth-order valence-corrected chi connectivity index (χ4v) is 18.3. The van der Waals surface area contributed by atoms with Gasteiger partial charge in [-0.2, -0.15) is 0 Å². The Morgan fingerprint density at radius 3 is 1.56 bits per heavy atom. The molecule has 12 atom stereocenters. The second-order valence-electron chi connectivity index (χ2n) is 27.2. The number of hydrogen-bond acceptors (Lipinski definition) is 8. The van der Waals surface area contributed by atoms with Crippen LogP contribution in [0, 0.1) is 58.2 Å². The van der Waals surface area contributed by atoms with E-state index in [1.807, 2.05) is 12.1 Å². The summed E-state index contributed by atoms with van der Waals surface area (Å²) in [6.45, 7) is 21.7. The van der Waals surface area contributed by atoms with Crippen molar-refractivity contribution in [3.8, 4) is 0 Å². The van der Waals surface area contributed by atoms with Crippen molar-refractivity contribution in [1.82, 2.24) is 9.80 Å². The first kappa shape index (κ1) is 79.0.